The quantitative estimate of drug-likeness (QED) is 0.0641. The van der Waals surface area contributed by atoms with Crippen molar-refractivity contribution in [2.24, 2.45) is 22.7 Å². The minimum absolute atomic E-state index is 0.0194. The Kier molecular flexibility index (Phi) is 12.6. The normalized spacial score (nSPS) is 32.5. The van der Waals surface area contributed by atoms with Crippen LogP contribution >= 0.6 is 0 Å². The Bertz CT molecular complexity index is 1050. The third-order valence-corrected chi connectivity index (χ3v) is 10.8. The lowest BCUT2D eigenvalue weighted by molar-refractivity contribution is -0.167. The van der Waals surface area contributed by atoms with Crippen LogP contribution in [-0.2, 0) is 9.53 Å². The Morgan fingerprint density at radius 2 is 1.81 bits per heavy atom. The SMILES string of the molecule is C=C(C=CC=C(COCCO)C1CCC2(C(CCCO)C(=C(C)C=O)CCC2(C)O)C1O)C1(CC=C(C)C)CCCC1. The summed E-state index contributed by atoms with van der Waals surface area (Å²) in [5.41, 5.74) is 3.17. The molecule has 6 heteroatoms. The van der Waals surface area contributed by atoms with Crippen LogP contribution in [0.5, 0.6) is 0 Å². The first-order valence-electron chi connectivity index (χ1n) is 16.0. The van der Waals surface area contributed by atoms with E-state index in [1.807, 2.05) is 26.0 Å². The molecule has 0 radical (unpaired) electrons. The smallest absolute Gasteiger partial charge is 0.145 e. The summed E-state index contributed by atoms with van der Waals surface area (Å²) in [7, 11) is 0. The number of hydrogen-bond donors (Lipinski definition) is 4. The summed E-state index contributed by atoms with van der Waals surface area (Å²) in [6, 6.07) is 0. The van der Waals surface area contributed by atoms with Gasteiger partial charge in [0.05, 0.1) is 31.5 Å². The fraction of sp³-hybridized carbons (Fsp3) is 0.694. The Morgan fingerprint density at radius 1 is 1.10 bits per heavy atom. The van der Waals surface area contributed by atoms with E-state index in [0.717, 1.165) is 42.3 Å². The predicted octanol–water partition coefficient (Wildman–Crippen LogP) is 6.16. The summed E-state index contributed by atoms with van der Waals surface area (Å²) in [6.45, 7) is 12.8. The molecule has 4 N–H and O–H groups in total. The number of hydrogen-bond acceptors (Lipinski definition) is 6. The molecule has 3 aliphatic carbocycles. The number of allylic oxidation sites excluding steroid dienone is 8. The van der Waals surface area contributed by atoms with Crippen molar-refractivity contribution in [3.8, 4) is 0 Å². The molecule has 3 fully saturated rings. The zero-order chi connectivity index (χ0) is 31.0. The number of aliphatic hydroxyl groups is 4. The molecule has 0 amide bonds. The Morgan fingerprint density at radius 3 is 2.43 bits per heavy atom. The first-order valence-corrected chi connectivity index (χ1v) is 16.0. The van der Waals surface area contributed by atoms with Crippen LogP contribution in [0.25, 0.3) is 0 Å². The van der Waals surface area contributed by atoms with Gasteiger partial charge in [0.25, 0.3) is 0 Å². The van der Waals surface area contributed by atoms with E-state index in [0.29, 0.717) is 44.1 Å². The molecule has 3 aliphatic rings. The second-order valence-electron chi connectivity index (χ2n) is 13.5. The second-order valence-corrected chi connectivity index (χ2v) is 13.5. The van der Waals surface area contributed by atoms with E-state index in [1.165, 1.54) is 18.4 Å². The highest BCUT2D eigenvalue weighted by atomic mass is 16.5. The van der Waals surface area contributed by atoms with Crippen LogP contribution in [0, 0.1) is 22.7 Å². The molecule has 3 saturated carbocycles. The molecule has 3 rings (SSSR count). The van der Waals surface area contributed by atoms with Gasteiger partial charge in [-0.25, -0.2) is 0 Å². The second kappa shape index (κ2) is 15.3. The number of aliphatic hydroxyl groups excluding tert-OH is 3. The minimum Gasteiger partial charge on any atom is -0.396 e. The Balaban J connectivity index is 1.96. The first kappa shape index (κ1) is 34.7. The van der Waals surface area contributed by atoms with Crippen molar-refractivity contribution >= 4 is 6.29 Å². The van der Waals surface area contributed by atoms with E-state index < -0.39 is 17.1 Å². The molecular weight excluding hydrogens is 528 g/mol. The summed E-state index contributed by atoms with van der Waals surface area (Å²) in [4.78, 5) is 11.9. The molecule has 0 bridgehead atoms. The number of aldehydes is 1. The molecular formula is C36H56O6. The lowest BCUT2D eigenvalue weighted by atomic mass is 9.52. The summed E-state index contributed by atoms with van der Waals surface area (Å²) in [6.07, 6.45) is 17.7. The van der Waals surface area contributed by atoms with Gasteiger partial charge in [0, 0.05) is 17.9 Å². The highest BCUT2D eigenvalue weighted by Crippen LogP contribution is 2.63. The Hall–Kier alpha value is -1.83. The minimum atomic E-state index is -1.13. The van der Waals surface area contributed by atoms with Crippen molar-refractivity contribution in [3.05, 3.63) is 58.7 Å². The Labute approximate surface area is 253 Å². The molecule has 5 unspecified atom stereocenters. The van der Waals surface area contributed by atoms with Gasteiger partial charge >= 0.3 is 0 Å². The molecule has 236 valence electrons. The van der Waals surface area contributed by atoms with Crippen LogP contribution < -0.4 is 0 Å². The predicted molar refractivity (Wildman–Crippen MR) is 169 cm³/mol. The van der Waals surface area contributed by atoms with Crippen molar-refractivity contribution in [3.63, 3.8) is 0 Å². The molecule has 5 atom stereocenters. The van der Waals surface area contributed by atoms with Gasteiger partial charge in [-0.2, -0.15) is 0 Å². The van der Waals surface area contributed by atoms with Gasteiger partial charge in [0.15, 0.2) is 0 Å². The highest BCUT2D eigenvalue weighted by Gasteiger charge is 2.64. The van der Waals surface area contributed by atoms with Crippen molar-refractivity contribution in [2.45, 2.75) is 110 Å². The van der Waals surface area contributed by atoms with Gasteiger partial charge in [0.1, 0.15) is 6.29 Å². The first-order chi connectivity index (χ1) is 20.0. The summed E-state index contributed by atoms with van der Waals surface area (Å²) >= 11 is 0. The van der Waals surface area contributed by atoms with Gasteiger partial charge in [0.2, 0.25) is 0 Å². The van der Waals surface area contributed by atoms with E-state index >= 15 is 0 Å². The van der Waals surface area contributed by atoms with Crippen molar-refractivity contribution in [2.75, 3.05) is 26.4 Å². The third-order valence-electron chi connectivity index (χ3n) is 10.8. The van der Waals surface area contributed by atoms with Crippen molar-refractivity contribution in [1.29, 1.82) is 0 Å². The zero-order valence-corrected chi connectivity index (χ0v) is 26.5. The maximum atomic E-state index is 12.2. The summed E-state index contributed by atoms with van der Waals surface area (Å²) < 4.78 is 5.80. The van der Waals surface area contributed by atoms with Gasteiger partial charge in [-0.3, -0.25) is 4.79 Å². The number of ether oxygens (including phenoxy) is 1. The summed E-state index contributed by atoms with van der Waals surface area (Å²) in [5.74, 6) is -0.447. The van der Waals surface area contributed by atoms with Crippen LogP contribution in [-0.4, -0.2) is 64.8 Å². The number of carbonyl (C=O) groups is 1. The number of carbonyl (C=O) groups excluding carboxylic acids is 1. The largest absolute Gasteiger partial charge is 0.396 e. The van der Waals surface area contributed by atoms with E-state index in [4.69, 9.17) is 4.74 Å². The molecule has 1 spiro atoms. The maximum absolute atomic E-state index is 12.2. The maximum Gasteiger partial charge on any atom is 0.145 e. The fourth-order valence-electron chi connectivity index (χ4n) is 8.27. The zero-order valence-electron chi connectivity index (χ0n) is 26.5. The molecule has 42 heavy (non-hydrogen) atoms. The van der Waals surface area contributed by atoms with Crippen LogP contribution in [0.2, 0.25) is 0 Å². The third kappa shape index (κ3) is 7.27. The molecule has 0 aromatic carbocycles. The molecule has 0 aliphatic heterocycles. The summed E-state index contributed by atoms with van der Waals surface area (Å²) in [5, 5.41) is 43.1. The van der Waals surface area contributed by atoms with Crippen LogP contribution in [0.1, 0.15) is 98.3 Å². The number of rotatable bonds is 14. The molecule has 0 aromatic heterocycles. The van der Waals surface area contributed by atoms with Gasteiger partial charge in [-0.05, 0) is 114 Å². The monoisotopic (exact) mass is 584 g/mol. The highest BCUT2D eigenvalue weighted by molar-refractivity contribution is 5.74. The lowest BCUT2D eigenvalue weighted by Crippen LogP contribution is -2.59. The van der Waals surface area contributed by atoms with Crippen LogP contribution in [0.3, 0.4) is 0 Å². The topological polar surface area (TPSA) is 107 Å². The van der Waals surface area contributed by atoms with Crippen molar-refractivity contribution in [1.82, 2.24) is 0 Å². The molecule has 0 aromatic rings. The van der Waals surface area contributed by atoms with E-state index in [2.05, 4.69) is 32.6 Å². The van der Waals surface area contributed by atoms with Gasteiger partial charge in [-0.15, -0.1) is 0 Å². The molecule has 6 nitrogen and oxygen atoms in total. The van der Waals surface area contributed by atoms with E-state index in [-0.39, 0.29) is 43.7 Å². The van der Waals surface area contributed by atoms with E-state index in [9.17, 15) is 25.2 Å². The molecule has 0 saturated heterocycles. The average molecular weight is 585 g/mol. The van der Waals surface area contributed by atoms with Gasteiger partial charge in [-0.1, -0.05) is 54.9 Å². The van der Waals surface area contributed by atoms with Gasteiger partial charge < -0.3 is 25.2 Å². The molecule has 0 heterocycles. The standard InChI is InChI=1S/C36H56O6/c1-26(2)13-19-35(16-6-7-17-35)28(4)10-8-11-29(25-42-23-22-38)31-15-20-36(33(31)40)32(12-9-21-37)30(27(3)24-39)14-18-34(36,5)41/h8,10-11,13,24,31-33,37-38,40-41H,4,6-7,9,12,14-23,25H2,1-3,5H3. The fourth-order valence-corrected chi connectivity index (χ4v) is 8.27. The van der Waals surface area contributed by atoms with E-state index in [1.54, 1.807) is 0 Å². The average Bonchev–Trinajstić information content (AvgIpc) is 3.58. The van der Waals surface area contributed by atoms with Crippen LogP contribution in [0.4, 0.5) is 0 Å². The van der Waals surface area contributed by atoms with Crippen molar-refractivity contribution < 1.29 is 30.0 Å². The van der Waals surface area contributed by atoms with Crippen LogP contribution in [0.15, 0.2) is 58.7 Å². The lowest BCUT2D eigenvalue weighted by Gasteiger charge is -2.55.